The summed E-state index contributed by atoms with van der Waals surface area (Å²) in [6.45, 7) is 13.7. The highest BCUT2D eigenvalue weighted by molar-refractivity contribution is 9.10. The van der Waals surface area contributed by atoms with Crippen LogP contribution in [0.2, 0.25) is 0 Å². The fraction of sp³-hybridized carbons (Fsp3) is 0.750. The zero-order valence-electron chi connectivity index (χ0n) is 13.0. The molecule has 0 bridgehead atoms. The van der Waals surface area contributed by atoms with Crippen LogP contribution in [0.15, 0.2) is 10.5 Å². The second-order valence-corrected chi connectivity index (χ2v) is 8.82. The first-order valence-electron chi connectivity index (χ1n) is 7.26. The van der Waals surface area contributed by atoms with Gasteiger partial charge in [-0.25, -0.2) is 0 Å². The minimum Gasteiger partial charge on any atom is -0.316 e. The van der Waals surface area contributed by atoms with Crippen LogP contribution in [0.3, 0.4) is 0 Å². The van der Waals surface area contributed by atoms with Gasteiger partial charge >= 0.3 is 0 Å². The largest absolute Gasteiger partial charge is 0.316 e. The highest BCUT2D eigenvalue weighted by Gasteiger charge is 2.18. The Bertz CT molecular complexity index is 363. The van der Waals surface area contributed by atoms with Gasteiger partial charge < -0.3 is 5.32 Å². The molecule has 1 aromatic rings. The summed E-state index contributed by atoms with van der Waals surface area (Å²) in [7, 11) is 0. The van der Waals surface area contributed by atoms with Crippen LogP contribution in [0.25, 0.3) is 0 Å². The van der Waals surface area contributed by atoms with E-state index in [1.807, 2.05) is 11.3 Å². The molecule has 0 atom stereocenters. The summed E-state index contributed by atoms with van der Waals surface area (Å²) in [6, 6.07) is 2.28. The van der Waals surface area contributed by atoms with Gasteiger partial charge in [-0.3, -0.25) is 0 Å². The standard InChI is InChI=1S/C16H28BrNS/c1-12(2)11-18-9-8-16(4,5)7-6-14-10-15(17)13(3)19-14/h10,12,18H,6-9,11H2,1-5H3. The van der Waals surface area contributed by atoms with Gasteiger partial charge in [0.1, 0.15) is 0 Å². The fourth-order valence-electron chi connectivity index (χ4n) is 2.05. The Morgan fingerprint density at radius 2 is 2.00 bits per heavy atom. The SMILES string of the molecule is Cc1sc(CCC(C)(C)CCNCC(C)C)cc1Br. The van der Waals surface area contributed by atoms with Gasteiger partial charge in [0, 0.05) is 14.2 Å². The number of halogens is 1. The molecule has 1 aromatic heterocycles. The molecule has 0 saturated carbocycles. The number of aryl methyl sites for hydroxylation is 2. The first kappa shape index (κ1) is 17.2. The predicted octanol–water partition coefficient (Wildman–Crippen LogP) is 5.41. The lowest BCUT2D eigenvalue weighted by Gasteiger charge is -2.24. The normalized spacial score (nSPS) is 12.4. The van der Waals surface area contributed by atoms with E-state index in [4.69, 9.17) is 0 Å². The van der Waals surface area contributed by atoms with Crippen molar-refractivity contribution in [3.8, 4) is 0 Å². The van der Waals surface area contributed by atoms with Gasteiger partial charge in [0.05, 0.1) is 0 Å². The van der Waals surface area contributed by atoms with Crippen molar-refractivity contribution in [3.05, 3.63) is 20.3 Å². The molecule has 0 spiro atoms. The number of hydrogen-bond donors (Lipinski definition) is 1. The van der Waals surface area contributed by atoms with E-state index in [0.717, 1.165) is 19.0 Å². The summed E-state index contributed by atoms with van der Waals surface area (Å²) in [5, 5.41) is 3.55. The molecule has 0 aromatic carbocycles. The zero-order chi connectivity index (χ0) is 14.5. The van der Waals surface area contributed by atoms with Crippen LogP contribution in [0.5, 0.6) is 0 Å². The molecule has 0 aliphatic heterocycles. The molecule has 0 aliphatic rings. The molecule has 0 radical (unpaired) electrons. The van der Waals surface area contributed by atoms with Crippen molar-refractivity contribution in [1.29, 1.82) is 0 Å². The van der Waals surface area contributed by atoms with E-state index >= 15 is 0 Å². The van der Waals surface area contributed by atoms with E-state index in [2.05, 4.69) is 61.9 Å². The van der Waals surface area contributed by atoms with Crippen LogP contribution in [0.1, 0.15) is 50.3 Å². The summed E-state index contributed by atoms with van der Waals surface area (Å²) in [6.07, 6.45) is 3.72. The molecule has 110 valence electrons. The minimum atomic E-state index is 0.425. The van der Waals surface area contributed by atoms with Crippen LogP contribution in [-0.2, 0) is 6.42 Å². The third kappa shape index (κ3) is 6.92. The molecular weight excluding hydrogens is 318 g/mol. The lowest BCUT2D eigenvalue weighted by Crippen LogP contribution is -2.25. The Hall–Kier alpha value is 0.140. The molecule has 0 saturated heterocycles. The van der Waals surface area contributed by atoms with E-state index in [0.29, 0.717) is 5.41 Å². The van der Waals surface area contributed by atoms with Crippen LogP contribution < -0.4 is 5.32 Å². The van der Waals surface area contributed by atoms with Gasteiger partial charge in [-0.15, -0.1) is 11.3 Å². The average molecular weight is 346 g/mol. The average Bonchev–Trinajstić information content (AvgIpc) is 2.62. The van der Waals surface area contributed by atoms with Crippen molar-refractivity contribution in [1.82, 2.24) is 5.32 Å². The Balaban J connectivity index is 2.29. The maximum Gasteiger partial charge on any atom is 0.0314 e. The molecular formula is C16H28BrNS. The fourth-order valence-corrected chi connectivity index (χ4v) is 3.65. The van der Waals surface area contributed by atoms with Gasteiger partial charge in [0.25, 0.3) is 0 Å². The van der Waals surface area contributed by atoms with E-state index in [1.54, 1.807) is 0 Å². The molecule has 3 heteroatoms. The summed E-state index contributed by atoms with van der Waals surface area (Å²) in [5.41, 5.74) is 0.425. The second kappa shape index (κ2) is 7.80. The molecule has 1 nitrogen and oxygen atoms in total. The highest BCUT2D eigenvalue weighted by atomic mass is 79.9. The Labute approximate surface area is 131 Å². The molecule has 1 heterocycles. The Kier molecular flexibility index (Phi) is 7.06. The first-order chi connectivity index (χ1) is 8.80. The van der Waals surface area contributed by atoms with Crippen LogP contribution in [0, 0.1) is 18.3 Å². The first-order valence-corrected chi connectivity index (χ1v) is 8.86. The van der Waals surface area contributed by atoms with E-state index in [9.17, 15) is 0 Å². The molecule has 0 amide bonds. The second-order valence-electron chi connectivity index (χ2n) is 6.63. The predicted molar refractivity (Wildman–Crippen MR) is 91.2 cm³/mol. The van der Waals surface area contributed by atoms with Crippen molar-refractivity contribution < 1.29 is 0 Å². The van der Waals surface area contributed by atoms with Gasteiger partial charge in [0.2, 0.25) is 0 Å². The summed E-state index contributed by atoms with van der Waals surface area (Å²) < 4.78 is 1.27. The Morgan fingerprint density at radius 3 is 2.53 bits per heavy atom. The maximum atomic E-state index is 3.60. The quantitative estimate of drug-likeness (QED) is 0.620. The summed E-state index contributed by atoms with van der Waals surface area (Å²) >= 11 is 5.53. The van der Waals surface area contributed by atoms with Gasteiger partial charge in [-0.1, -0.05) is 27.7 Å². The third-order valence-electron chi connectivity index (χ3n) is 3.49. The van der Waals surface area contributed by atoms with Gasteiger partial charge in [-0.2, -0.15) is 0 Å². The highest BCUT2D eigenvalue weighted by Crippen LogP contribution is 2.31. The maximum absolute atomic E-state index is 3.60. The molecule has 19 heavy (non-hydrogen) atoms. The summed E-state index contributed by atoms with van der Waals surface area (Å²) in [5.74, 6) is 0.745. The number of thiophene rings is 1. The molecule has 0 fully saturated rings. The third-order valence-corrected chi connectivity index (χ3v) is 5.68. The smallest absolute Gasteiger partial charge is 0.0314 e. The van der Waals surface area contributed by atoms with Crippen molar-refractivity contribution in [2.75, 3.05) is 13.1 Å². The Morgan fingerprint density at radius 1 is 1.32 bits per heavy atom. The lowest BCUT2D eigenvalue weighted by atomic mass is 9.84. The van der Waals surface area contributed by atoms with Crippen LogP contribution in [-0.4, -0.2) is 13.1 Å². The number of hydrogen-bond acceptors (Lipinski definition) is 2. The zero-order valence-corrected chi connectivity index (χ0v) is 15.4. The van der Waals surface area contributed by atoms with Gasteiger partial charge in [-0.05, 0) is 72.6 Å². The van der Waals surface area contributed by atoms with Crippen LogP contribution in [0.4, 0.5) is 0 Å². The summed E-state index contributed by atoms with van der Waals surface area (Å²) in [4.78, 5) is 2.90. The molecule has 1 rings (SSSR count). The van der Waals surface area contributed by atoms with Crippen molar-refractivity contribution >= 4 is 27.3 Å². The van der Waals surface area contributed by atoms with E-state index in [-0.39, 0.29) is 0 Å². The van der Waals surface area contributed by atoms with Gasteiger partial charge in [0.15, 0.2) is 0 Å². The van der Waals surface area contributed by atoms with Crippen molar-refractivity contribution in [2.24, 2.45) is 11.3 Å². The number of rotatable bonds is 8. The van der Waals surface area contributed by atoms with Crippen molar-refractivity contribution in [3.63, 3.8) is 0 Å². The monoisotopic (exact) mass is 345 g/mol. The molecule has 0 unspecified atom stereocenters. The number of nitrogens with one attached hydrogen (secondary N) is 1. The minimum absolute atomic E-state index is 0.425. The lowest BCUT2D eigenvalue weighted by molar-refractivity contribution is 0.300. The van der Waals surface area contributed by atoms with E-state index in [1.165, 1.54) is 33.5 Å². The molecule has 0 aliphatic carbocycles. The van der Waals surface area contributed by atoms with E-state index < -0.39 is 0 Å². The topological polar surface area (TPSA) is 12.0 Å². The van der Waals surface area contributed by atoms with Crippen LogP contribution >= 0.6 is 27.3 Å². The van der Waals surface area contributed by atoms with Crippen molar-refractivity contribution in [2.45, 2.75) is 53.9 Å². The molecule has 1 N–H and O–H groups in total.